The van der Waals surface area contributed by atoms with E-state index in [2.05, 4.69) is 15.9 Å². The molecule has 0 bridgehead atoms. The summed E-state index contributed by atoms with van der Waals surface area (Å²) in [6.45, 7) is 0.107. The number of aryl methyl sites for hydroxylation is 1. The zero-order valence-corrected chi connectivity index (χ0v) is 12.3. The number of hydrogen-bond acceptors (Lipinski definition) is 3. The van der Waals surface area contributed by atoms with Crippen LogP contribution in [0.3, 0.4) is 0 Å². The predicted molar refractivity (Wildman–Crippen MR) is 68.0 cm³/mol. The summed E-state index contributed by atoms with van der Waals surface area (Å²) >= 11 is 3.06. The van der Waals surface area contributed by atoms with Gasteiger partial charge in [0.1, 0.15) is 6.54 Å². The van der Waals surface area contributed by atoms with Crippen molar-refractivity contribution in [3.05, 3.63) is 27.7 Å². The van der Waals surface area contributed by atoms with Crippen molar-refractivity contribution in [1.82, 2.24) is 4.72 Å². The van der Waals surface area contributed by atoms with Gasteiger partial charge in [-0.1, -0.05) is 6.07 Å². The molecule has 1 aromatic rings. The lowest BCUT2D eigenvalue weighted by Gasteiger charge is -2.13. The Morgan fingerprint density at radius 1 is 1.37 bits per heavy atom. The molecule has 3 N–H and O–H groups in total. The van der Waals surface area contributed by atoms with Gasteiger partial charge in [-0.25, -0.2) is 13.1 Å². The van der Waals surface area contributed by atoms with Crippen LogP contribution in [-0.4, -0.2) is 21.1 Å². The summed E-state index contributed by atoms with van der Waals surface area (Å²) in [5.74, 6) is 0. The Balaban J connectivity index is 3.17. The van der Waals surface area contributed by atoms with Gasteiger partial charge in [0.25, 0.3) is 0 Å². The second kappa shape index (κ2) is 5.78. The highest BCUT2D eigenvalue weighted by Gasteiger charge is 2.31. The minimum atomic E-state index is -4.61. The second-order valence-corrected chi connectivity index (χ2v) is 6.40. The van der Waals surface area contributed by atoms with Crippen molar-refractivity contribution in [2.75, 3.05) is 6.54 Å². The van der Waals surface area contributed by atoms with E-state index in [4.69, 9.17) is 5.73 Å². The maximum Gasteiger partial charge on any atom is 0.402 e. The molecule has 0 aliphatic heterocycles. The van der Waals surface area contributed by atoms with E-state index in [1.807, 2.05) is 0 Å². The quantitative estimate of drug-likeness (QED) is 0.862. The highest BCUT2D eigenvalue weighted by molar-refractivity contribution is 9.10. The Morgan fingerprint density at radius 2 is 1.95 bits per heavy atom. The van der Waals surface area contributed by atoms with Gasteiger partial charge in [-0.05, 0) is 40.0 Å². The lowest BCUT2D eigenvalue weighted by Crippen LogP contribution is -2.34. The Hall–Kier alpha value is -0.640. The van der Waals surface area contributed by atoms with Crippen molar-refractivity contribution in [3.8, 4) is 0 Å². The van der Waals surface area contributed by atoms with E-state index in [-0.39, 0.29) is 15.9 Å². The Bertz CT molecular complexity index is 573. The van der Waals surface area contributed by atoms with Crippen molar-refractivity contribution in [3.63, 3.8) is 0 Å². The summed E-state index contributed by atoms with van der Waals surface area (Å²) in [5, 5.41) is 0. The average molecular weight is 361 g/mol. The molecule has 1 aromatic carbocycles. The normalized spacial score (nSPS) is 12.7. The standard InChI is InChI=1S/C10H12BrF3N2O2S/c1-6-2-7(4-15)3-8(9(6)11)19(17,18)16-5-10(12,13)14/h2-3,16H,4-5,15H2,1H3. The number of alkyl halides is 3. The molecular weight excluding hydrogens is 349 g/mol. The first-order valence-electron chi connectivity index (χ1n) is 5.12. The van der Waals surface area contributed by atoms with Gasteiger partial charge in [-0.15, -0.1) is 0 Å². The summed E-state index contributed by atoms with van der Waals surface area (Å²) < 4.78 is 61.6. The number of rotatable bonds is 4. The first-order valence-corrected chi connectivity index (χ1v) is 7.40. The highest BCUT2D eigenvalue weighted by Crippen LogP contribution is 2.27. The number of halogens is 4. The predicted octanol–water partition coefficient (Wildman–Crippen LogP) is 2.06. The topological polar surface area (TPSA) is 72.2 Å². The van der Waals surface area contributed by atoms with Crippen LogP contribution < -0.4 is 10.5 Å². The van der Waals surface area contributed by atoms with Crippen LogP contribution in [0.4, 0.5) is 13.2 Å². The van der Waals surface area contributed by atoms with E-state index in [9.17, 15) is 21.6 Å². The molecule has 0 atom stereocenters. The molecule has 0 radical (unpaired) electrons. The SMILES string of the molecule is Cc1cc(CN)cc(S(=O)(=O)NCC(F)(F)F)c1Br. The summed E-state index contributed by atoms with van der Waals surface area (Å²) in [4.78, 5) is -0.253. The Morgan fingerprint density at radius 3 is 2.42 bits per heavy atom. The van der Waals surface area contributed by atoms with Gasteiger partial charge in [0.15, 0.2) is 0 Å². The van der Waals surface area contributed by atoms with E-state index < -0.39 is 22.7 Å². The third-order valence-electron chi connectivity index (χ3n) is 2.27. The molecule has 0 spiro atoms. The fraction of sp³-hybridized carbons (Fsp3) is 0.400. The third kappa shape index (κ3) is 4.44. The summed E-state index contributed by atoms with van der Waals surface area (Å²) in [6, 6.07) is 2.91. The van der Waals surface area contributed by atoms with Crippen LogP contribution in [0.25, 0.3) is 0 Å². The largest absolute Gasteiger partial charge is 0.402 e. The van der Waals surface area contributed by atoms with Crippen molar-refractivity contribution < 1.29 is 21.6 Å². The first-order chi connectivity index (χ1) is 8.57. The van der Waals surface area contributed by atoms with Crippen LogP contribution >= 0.6 is 15.9 Å². The van der Waals surface area contributed by atoms with Crippen LogP contribution in [0.15, 0.2) is 21.5 Å². The van der Waals surface area contributed by atoms with Crippen molar-refractivity contribution in [2.45, 2.75) is 24.5 Å². The van der Waals surface area contributed by atoms with E-state index in [1.165, 1.54) is 10.8 Å². The van der Waals surface area contributed by atoms with Gasteiger partial charge >= 0.3 is 6.18 Å². The number of sulfonamides is 1. The molecule has 19 heavy (non-hydrogen) atoms. The van der Waals surface area contributed by atoms with E-state index in [1.54, 1.807) is 13.0 Å². The zero-order valence-electron chi connectivity index (χ0n) is 9.88. The highest BCUT2D eigenvalue weighted by atomic mass is 79.9. The molecule has 0 heterocycles. The van der Waals surface area contributed by atoms with Crippen molar-refractivity contribution >= 4 is 26.0 Å². The zero-order chi connectivity index (χ0) is 14.8. The molecule has 0 amide bonds. The molecule has 0 aromatic heterocycles. The number of hydrogen-bond donors (Lipinski definition) is 2. The third-order valence-corrected chi connectivity index (χ3v) is 5.01. The molecule has 0 unspecified atom stereocenters. The fourth-order valence-electron chi connectivity index (χ4n) is 1.38. The van der Waals surface area contributed by atoms with Gasteiger partial charge in [-0.2, -0.15) is 13.2 Å². The summed E-state index contributed by atoms with van der Waals surface area (Å²) in [5.41, 5.74) is 6.51. The van der Waals surface area contributed by atoms with Gasteiger partial charge in [0.05, 0.1) is 4.90 Å². The van der Waals surface area contributed by atoms with Crippen LogP contribution in [0.2, 0.25) is 0 Å². The Labute approximate surface area is 117 Å². The van der Waals surface area contributed by atoms with Crippen molar-refractivity contribution in [2.24, 2.45) is 5.73 Å². The monoisotopic (exact) mass is 360 g/mol. The maximum absolute atomic E-state index is 12.1. The minimum absolute atomic E-state index is 0.0932. The molecule has 0 saturated heterocycles. The van der Waals surface area contributed by atoms with E-state index in [0.29, 0.717) is 11.1 Å². The molecular formula is C10H12BrF3N2O2S. The molecule has 1 rings (SSSR count). The van der Waals surface area contributed by atoms with Crippen LogP contribution in [0, 0.1) is 6.92 Å². The maximum atomic E-state index is 12.1. The molecule has 4 nitrogen and oxygen atoms in total. The number of benzene rings is 1. The van der Waals surface area contributed by atoms with Crippen LogP contribution in [-0.2, 0) is 16.6 Å². The second-order valence-electron chi connectivity index (χ2n) is 3.87. The van der Waals surface area contributed by atoms with Crippen molar-refractivity contribution in [1.29, 1.82) is 0 Å². The van der Waals surface area contributed by atoms with E-state index in [0.717, 1.165) is 0 Å². The lowest BCUT2D eigenvalue weighted by molar-refractivity contribution is -0.121. The molecule has 0 aliphatic rings. The fourth-order valence-corrected chi connectivity index (χ4v) is 3.46. The first kappa shape index (κ1) is 16.4. The van der Waals surface area contributed by atoms with Gasteiger partial charge in [-0.3, -0.25) is 0 Å². The average Bonchev–Trinajstić information content (AvgIpc) is 2.29. The smallest absolute Gasteiger partial charge is 0.326 e. The number of nitrogens with one attached hydrogen (secondary N) is 1. The lowest BCUT2D eigenvalue weighted by atomic mass is 10.1. The molecule has 0 fully saturated rings. The summed E-state index contributed by atoms with van der Waals surface area (Å²) in [6.07, 6.45) is -4.61. The molecule has 9 heteroatoms. The molecule has 108 valence electrons. The summed E-state index contributed by atoms with van der Waals surface area (Å²) in [7, 11) is -4.25. The van der Waals surface area contributed by atoms with Crippen LogP contribution in [0.1, 0.15) is 11.1 Å². The van der Waals surface area contributed by atoms with Gasteiger partial charge in [0, 0.05) is 11.0 Å². The molecule has 0 aliphatic carbocycles. The van der Waals surface area contributed by atoms with Crippen LogP contribution in [0.5, 0.6) is 0 Å². The van der Waals surface area contributed by atoms with Gasteiger partial charge in [0.2, 0.25) is 10.0 Å². The number of nitrogens with two attached hydrogens (primary N) is 1. The molecule has 0 saturated carbocycles. The minimum Gasteiger partial charge on any atom is -0.326 e. The Kier molecular flexibility index (Phi) is 4.99. The van der Waals surface area contributed by atoms with E-state index >= 15 is 0 Å². The van der Waals surface area contributed by atoms with Gasteiger partial charge < -0.3 is 5.73 Å².